The molecule has 0 saturated carbocycles. The molecule has 0 aliphatic heterocycles. The van der Waals surface area contributed by atoms with Gasteiger partial charge in [-0.25, -0.2) is 4.79 Å². The monoisotopic (exact) mass is 258 g/mol. The first-order valence-corrected chi connectivity index (χ1v) is 6.50. The Labute approximate surface area is 110 Å². The summed E-state index contributed by atoms with van der Waals surface area (Å²) in [5.41, 5.74) is -0.232. The zero-order chi connectivity index (χ0) is 14.3. The maximum absolute atomic E-state index is 12.0. The maximum atomic E-state index is 12.0. The second-order valence-corrected chi connectivity index (χ2v) is 5.26. The van der Waals surface area contributed by atoms with Crippen molar-refractivity contribution in [3.8, 4) is 0 Å². The Balaban J connectivity index is 4.54. The highest BCUT2D eigenvalue weighted by molar-refractivity contribution is 5.76. The molecule has 106 valence electrons. The van der Waals surface area contributed by atoms with Crippen molar-refractivity contribution < 1.29 is 14.7 Å². The van der Waals surface area contributed by atoms with Gasteiger partial charge in [0.05, 0.1) is 6.42 Å². The standard InChI is InChI=1S/C13H26N2O3/c1-6-8-10(9-11(16)17)14-12(18)15(5)13(3,4)7-2/h10H,6-9H2,1-5H3,(H,14,18)(H,16,17). The average molecular weight is 258 g/mol. The van der Waals surface area contributed by atoms with Crippen LogP contribution in [0.25, 0.3) is 0 Å². The molecule has 0 aliphatic rings. The third kappa shape index (κ3) is 5.38. The number of carbonyl (C=O) groups is 2. The van der Waals surface area contributed by atoms with E-state index in [0.717, 1.165) is 12.8 Å². The lowest BCUT2D eigenvalue weighted by atomic mass is 10.0. The molecule has 0 aromatic rings. The van der Waals surface area contributed by atoms with Crippen molar-refractivity contribution in [2.45, 2.75) is 65.0 Å². The average Bonchev–Trinajstić information content (AvgIpc) is 2.27. The predicted octanol–water partition coefficient (Wildman–Crippen LogP) is 2.46. The summed E-state index contributed by atoms with van der Waals surface area (Å²) in [6.45, 7) is 7.96. The van der Waals surface area contributed by atoms with E-state index in [-0.39, 0.29) is 24.0 Å². The van der Waals surface area contributed by atoms with Gasteiger partial charge >= 0.3 is 12.0 Å². The van der Waals surface area contributed by atoms with Crippen LogP contribution in [0, 0.1) is 0 Å². The molecule has 0 aromatic heterocycles. The van der Waals surface area contributed by atoms with Crippen molar-refractivity contribution >= 4 is 12.0 Å². The van der Waals surface area contributed by atoms with Gasteiger partial charge in [-0.3, -0.25) is 4.79 Å². The zero-order valence-corrected chi connectivity index (χ0v) is 12.1. The largest absolute Gasteiger partial charge is 0.481 e. The number of hydrogen-bond acceptors (Lipinski definition) is 2. The molecule has 1 atom stereocenters. The molecule has 0 aliphatic carbocycles. The van der Waals surface area contributed by atoms with Crippen molar-refractivity contribution in [1.29, 1.82) is 0 Å². The van der Waals surface area contributed by atoms with Crippen molar-refractivity contribution in [3.05, 3.63) is 0 Å². The fourth-order valence-electron chi connectivity index (χ4n) is 1.57. The molecule has 5 nitrogen and oxygen atoms in total. The predicted molar refractivity (Wildman–Crippen MR) is 71.6 cm³/mol. The molecule has 0 fully saturated rings. The molecule has 0 heterocycles. The van der Waals surface area contributed by atoms with Gasteiger partial charge in [0.15, 0.2) is 0 Å². The highest BCUT2D eigenvalue weighted by Gasteiger charge is 2.27. The van der Waals surface area contributed by atoms with Gasteiger partial charge in [0.1, 0.15) is 0 Å². The molecule has 2 N–H and O–H groups in total. The van der Waals surface area contributed by atoms with Crippen LogP contribution in [0.4, 0.5) is 4.79 Å². The molecular formula is C13H26N2O3. The van der Waals surface area contributed by atoms with Gasteiger partial charge in [0.25, 0.3) is 0 Å². The number of aliphatic carboxylic acids is 1. The van der Waals surface area contributed by atoms with E-state index in [1.54, 1.807) is 11.9 Å². The summed E-state index contributed by atoms with van der Waals surface area (Å²) >= 11 is 0. The lowest BCUT2D eigenvalue weighted by Crippen LogP contribution is -2.52. The summed E-state index contributed by atoms with van der Waals surface area (Å²) < 4.78 is 0. The Morgan fingerprint density at radius 3 is 2.28 bits per heavy atom. The van der Waals surface area contributed by atoms with E-state index in [4.69, 9.17) is 5.11 Å². The Morgan fingerprint density at radius 2 is 1.89 bits per heavy atom. The van der Waals surface area contributed by atoms with Crippen LogP contribution < -0.4 is 5.32 Å². The molecular weight excluding hydrogens is 232 g/mol. The van der Waals surface area contributed by atoms with E-state index in [0.29, 0.717) is 6.42 Å². The number of carboxylic acids is 1. The molecule has 2 amide bonds. The minimum absolute atomic E-state index is 0.0278. The molecule has 0 aromatic carbocycles. The second kappa shape index (κ2) is 7.24. The quantitative estimate of drug-likeness (QED) is 0.737. The van der Waals surface area contributed by atoms with Crippen LogP contribution >= 0.6 is 0 Å². The third-order valence-corrected chi connectivity index (χ3v) is 3.46. The molecule has 5 heteroatoms. The van der Waals surface area contributed by atoms with Crippen LogP contribution in [-0.4, -0.2) is 40.6 Å². The summed E-state index contributed by atoms with van der Waals surface area (Å²) in [4.78, 5) is 24.4. The molecule has 1 unspecified atom stereocenters. The van der Waals surface area contributed by atoms with E-state index in [9.17, 15) is 9.59 Å². The summed E-state index contributed by atoms with van der Waals surface area (Å²) in [7, 11) is 1.74. The Morgan fingerprint density at radius 1 is 1.33 bits per heavy atom. The highest BCUT2D eigenvalue weighted by Crippen LogP contribution is 2.16. The van der Waals surface area contributed by atoms with Crippen molar-refractivity contribution in [2.24, 2.45) is 0 Å². The first-order valence-electron chi connectivity index (χ1n) is 6.50. The number of rotatable bonds is 7. The smallest absolute Gasteiger partial charge is 0.317 e. The topological polar surface area (TPSA) is 69.6 Å². The van der Waals surface area contributed by atoms with E-state index in [1.165, 1.54) is 0 Å². The van der Waals surface area contributed by atoms with E-state index in [2.05, 4.69) is 5.32 Å². The lowest BCUT2D eigenvalue weighted by Gasteiger charge is -2.35. The van der Waals surface area contributed by atoms with Crippen molar-refractivity contribution in [1.82, 2.24) is 10.2 Å². The SMILES string of the molecule is CCCC(CC(=O)O)NC(=O)N(C)C(C)(C)CC. The molecule has 18 heavy (non-hydrogen) atoms. The Hall–Kier alpha value is -1.26. The summed E-state index contributed by atoms with van der Waals surface area (Å²) in [6.07, 6.45) is 2.34. The van der Waals surface area contributed by atoms with Crippen LogP contribution in [0.3, 0.4) is 0 Å². The van der Waals surface area contributed by atoms with Gasteiger partial charge in [0.2, 0.25) is 0 Å². The number of carbonyl (C=O) groups excluding carboxylic acids is 1. The van der Waals surface area contributed by atoms with Gasteiger partial charge in [0, 0.05) is 18.6 Å². The first-order chi connectivity index (χ1) is 8.24. The first kappa shape index (κ1) is 16.7. The number of amides is 2. The normalized spacial score (nSPS) is 12.9. The van der Waals surface area contributed by atoms with Crippen LogP contribution in [0.1, 0.15) is 53.4 Å². The number of nitrogens with zero attached hydrogens (tertiary/aromatic N) is 1. The molecule has 0 rings (SSSR count). The van der Waals surface area contributed by atoms with Crippen LogP contribution in [-0.2, 0) is 4.79 Å². The van der Waals surface area contributed by atoms with Crippen LogP contribution in [0.5, 0.6) is 0 Å². The van der Waals surface area contributed by atoms with Gasteiger partial charge < -0.3 is 15.3 Å². The van der Waals surface area contributed by atoms with Crippen molar-refractivity contribution in [2.75, 3.05) is 7.05 Å². The van der Waals surface area contributed by atoms with Crippen LogP contribution in [0.2, 0.25) is 0 Å². The highest BCUT2D eigenvalue weighted by atomic mass is 16.4. The Kier molecular flexibility index (Phi) is 6.73. The van der Waals surface area contributed by atoms with E-state index >= 15 is 0 Å². The Bertz CT molecular complexity index is 290. The second-order valence-electron chi connectivity index (χ2n) is 5.26. The summed E-state index contributed by atoms with van der Waals surface area (Å²) in [5.74, 6) is -0.883. The summed E-state index contributed by atoms with van der Waals surface area (Å²) in [5, 5.41) is 11.6. The van der Waals surface area contributed by atoms with Crippen LogP contribution in [0.15, 0.2) is 0 Å². The van der Waals surface area contributed by atoms with Gasteiger partial charge in [-0.2, -0.15) is 0 Å². The molecule has 0 radical (unpaired) electrons. The minimum Gasteiger partial charge on any atom is -0.481 e. The molecule has 0 spiro atoms. The van der Waals surface area contributed by atoms with E-state index < -0.39 is 5.97 Å². The zero-order valence-electron chi connectivity index (χ0n) is 12.1. The number of urea groups is 1. The number of nitrogens with one attached hydrogen (secondary N) is 1. The van der Waals surface area contributed by atoms with Crippen molar-refractivity contribution in [3.63, 3.8) is 0 Å². The van der Waals surface area contributed by atoms with Gasteiger partial charge in [-0.05, 0) is 26.7 Å². The lowest BCUT2D eigenvalue weighted by molar-refractivity contribution is -0.137. The number of hydrogen-bond donors (Lipinski definition) is 2. The fourth-order valence-corrected chi connectivity index (χ4v) is 1.57. The van der Waals surface area contributed by atoms with E-state index in [1.807, 2.05) is 27.7 Å². The minimum atomic E-state index is -0.883. The fraction of sp³-hybridized carbons (Fsp3) is 0.846. The van der Waals surface area contributed by atoms with Gasteiger partial charge in [-0.1, -0.05) is 20.3 Å². The third-order valence-electron chi connectivity index (χ3n) is 3.46. The number of carboxylic acid groups (broad SMARTS) is 1. The maximum Gasteiger partial charge on any atom is 0.317 e. The summed E-state index contributed by atoms with van der Waals surface area (Å²) in [6, 6.07) is -0.503. The molecule has 0 saturated heterocycles. The molecule has 0 bridgehead atoms. The van der Waals surface area contributed by atoms with Gasteiger partial charge in [-0.15, -0.1) is 0 Å².